The molecule has 1 N–H and O–H groups in total. The molecule has 1 fully saturated rings. The molecule has 0 radical (unpaired) electrons. The van der Waals surface area contributed by atoms with Crippen molar-refractivity contribution in [3.05, 3.63) is 83.2 Å². The van der Waals surface area contributed by atoms with E-state index in [1.165, 1.54) is 4.90 Å². The summed E-state index contributed by atoms with van der Waals surface area (Å²) in [5, 5.41) is 11.5. The number of hydrogen-bond acceptors (Lipinski definition) is 8. The molecule has 1 atom stereocenters. The second kappa shape index (κ2) is 12.8. The molecule has 2 aliphatic rings. The number of pyridine rings is 1. The number of aromatic nitrogens is 1. The molecule has 9 heteroatoms. The molecule has 2 aliphatic heterocycles. The number of fused-ring (bicyclic) bond motifs is 1. The molecule has 3 aromatic rings. The number of unbranched alkanes of at least 4 members (excludes halogenated alkanes) is 2. The molecular formula is C32H34N2O7. The van der Waals surface area contributed by atoms with Crippen LogP contribution in [0.4, 0.5) is 0 Å². The van der Waals surface area contributed by atoms with E-state index >= 15 is 0 Å². The number of ether oxygens (including phenoxy) is 4. The minimum Gasteiger partial charge on any atom is -0.507 e. The lowest BCUT2D eigenvalue weighted by molar-refractivity contribution is -0.140. The Kier molecular flexibility index (Phi) is 8.72. The van der Waals surface area contributed by atoms with Crippen molar-refractivity contribution in [1.82, 2.24) is 9.88 Å². The van der Waals surface area contributed by atoms with Gasteiger partial charge in [-0.1, -0.05) is 25.8 Å². The number of amides is 1. The fraction of sp³-hybridized carbons (Fsp3) is 0.344. The molecule has 1 amide bonds. The monoisotopic (exact) mass is 558 g/mol. The van der Waals surface area contributed by atoms with Crippen LogP contribution in [0.2, 0.25) is 0 Å². The zero-order valence-electron chi connectivity index (χ0n) is 23.3. The summed E-state index contributed by atoms with van der Waals surface area (Å²) in [7, 11) is 0. The molecule has 0 bridgehead atoms. The van der Waals surface area contributed by atoms with Crippen LogP contribution in [-0.4, -0.2) is 53.1 Å². The molecule has 0 spiro atoms. The highest BCUT2D eigenvalue weighted by molar-refractivity contribution is 6.46. The summed E-state index contributed by atoms with van der Waals surface area (Å²) >= 11 is 0. The van der Waals surface area contributed by atoms with Gasteiger partial charge >= 0.3 is 0 Å². The molecule has 5 rings (SSSR count). The second-order valence-electron chi connectivity index (χ2n) is 9.84. The van der Waals surface area contributed by atoms with Gasteiger partial charge in [0.05, 0.1) is 24.8 Å². The zero-order valence-corrected chi connectivity index (χ0v) is 23.3. The number of aliphatic hydroxyl groups is 1. The number of benzene rings is 2. The van der Waals surface area contributed by atoms with E-state index in [0.29, 0.717) is 60.6 Å². The maximum atomic E-state index is 13.5. The van der Waals surface area contributed by atoms with Gasteiger partial charge in [-0.2, -0.15) is 0 Å². The van der Waals surface area contributed by atoms with Crippen LogP contribution in [0.1, 0.15) is 55.8 Å². The van der Waals surface area contributed by atoms with E-state index in [2.05, 4.69) is 11.9 Å². The SMILES string of the molecule is CCCCCOc1ccc([C@@H]2/C(=C(\O)c3ccc4c(c3)OCCO4)C(=O)C(=O)N2Cc2ccncc2)cc1OCC. The average Bonchev–Trinajstić information content (AvgIpc) is 3.25. The van der Waals surface area contributed by atoms with Gasteiger partial charge in [0.15, 0.2) is 23.0 Å². The third kappa shape index (κ3) is 5.99. The lowest BCUT2D eigenvalue weighted by atomic mass is 9.94. The minimum absolute atomic E-state index is 0.0141. The fourth-order valence-electron chi connectivity index (χ4n) is 5.04. The van der Waals surface area contributed by atoms with E-state index in [-0.39, 0.29) is 17.9 Å². The summed E-state index contributed by atoms with van der Waals surface area (Å²) in [5.74, 6) is 0.350. The third-order valence-corrected chi connectivity index (χ3v) is 7.05. The molecule has 2 aromatic carbocycles. The third-order valence-electron chi connectivity index (χ3n) is 7.05. The van der Waals surface area contributed by atoms with Crippen LogP contribution in [0.15, 0.2) is 66.5 Å². The molecular weight excluding hydrogens is 524 g/mol. The summed E-state index contributed by atoms with van der Waals surface area (Å²) in [6.45, 7) is 5.92. The van der Waals surface area contributed by atoms with Crippen molar-refractivity contribution >= 4 is 17.4 Å². The van der Waals surface area contributed by atoms with Gasteiger partial charge in [-0.05, 0) is 66.9 Å². The number of likely N-dealkylation sites (tertiary alicyclic amines) is 1. The summed E-state index contributed by atoms with van der Waals surface area (Å²) in [6, 6.07) is 13.0. The maximum Gasteiger partial charge on any atom is 0.295 e. The normalized spacial score (nSPS) is 17.5. The number of Topliss-reactive ketones (excluding diaryl/α,β-unsaturated/α-hetero) is 1. The Balaban J connectivity index is 1.59. The van der Waals surface area contributed by atoms with Crippen LogP contribution >= 0.6 is 0 Å². The fourth-order valence-corrected chi connectivity index (χ4v) is 5.04. The number of carbonyl (C=O) groups excluding carboxylic acids is 2. The molecule has 214 valence electrons. The zero-order chi connectivity index (χ0) is 28.8. The standard InChI is InChI=1S/C32H34N2O7/c1-3-5-6-15-39-24-9-7-22(18-26(24)38-4-2)29-28(30(35)23-8-10-25-27(19-23)41-17-16-40-25)31(36)32(37)34(29)20-21-11-13-33-14-12-21/h7-14,18-19,29,35H,3-6,15-17,20H2,1-2H3/b30-28+/t29-/m1/s1. The van der Waals surface area contributed by atoms with Crippen molar-refractivity contribution in [2.24, 2.45) is 0 Å². The number of hydrogen-bond donors (Lipinski definition) is 1. The van der Waals surface area contributed by atoms with E-state index in [9.17, 15) is 14.7 Å². The van der Waals surface area contributed by atoms with E-state index in [1.807, 2.05) is 13.0 Å². The number of nitrogens with zero attached hydrogens (tertiary/aromatic N) is 2. The lowest BCUT2D eigenvalue weighted by Crippen LogP contribution is -2.29. The molecule has 1 aromatic heterocycles. The molecule has 3 heterocycles. The Morgan fingerprint density at radius 3 is 2.49 bits per heavy atom. The van der Waals surface area contributed by atoms with Gasteiger partial charge in [-0.3, -0.25) is 14.6 Å². The largest absolute Gasteiger partial charge is 0.507 e. The van der Waals surface area contributed by atoms with Crippen molar-refractivity contribution in [3.63, 3.8) is 0 Å². The highest BCUT2D eigenvalue weighted by Crippen LogP contribution is 2.43. The van der Waals surface area contributed by atoms with Crippen molar-refractivity contribution in [2.45, 2.75) is 45.7 Å². The second-order valence-corrected chi connectivity index (χ2v) is 9.84. The number of aliphatic hydroxyl groups excluding tert-OH is 1. The van der Waals surface area contributed by atoms with E-state index in [0.717, 1.165) is 24.8 Å². The Labute approximate surface area is 239 Å². The maximum absolute atomic E-state index is 13.5. The smallest absolute Gasteiger partial charge is 0.295 e. The van der Waals surface area contributed by atoms with Crippen molar-refractivity contribution in [2.75, 3.05) is 26.4 Å². The number of carbonyl (C=O) groups is 2. The first-order valence-electron chi connectivity index (χ1n) is 14.0. The molecule has 0 saturated carbocycles. The summed E-state index contributed by atoms with van der Waals surface area (Å²) in [6.07, 6.45) is 6.33. The van der Waals surface area contributed by atoms with Gasteiger partial charge in [0.1, 0.15) is 19.0 Å². The topological polar surface area (TPSA) is 107 Å². The molecule has 1 saturated heterocycles. The number of ketones is 1. The van der Waals surface area contributed by atoms with Gasteiger partial charge in [0.25, 0.3) is 11.7 Å². The Hall–Kier alpha value is -4.53. The first-order valence-corrected chi connectivity index (χ1v) is 14.0. The Morgan fingerprint density at radius 1 is 0.951 bits per heavy atom. The van der Waals surface area contributed by atoms with Crippen molar-refractivity contribution in [1.29, 1.82) is 0 Å². The molecule has 41 heavy (non-hydrogen) atoms. The molecule has 0 aliphatic carbocycles. The van der Waals surface area contributed by atoms with Gasteiger partial charge in [0, 0.05) is 24.5 Å². The summed E-state index contributed by atoms with van der Waals surface area (Å²) in [4.78, 5) is 32.5. The molecule has 0 unspecified atom stereocenters. The van der Waals surface area contributed by atoms with Crippen LogP contribution < -0.4 is 18.9 Å². The first kappa shape index (κ1) is 28.0. The predicted molar refractivity (Wildman–Crippen MR) is 152 cm³/mol. The quantitative estimate of drug-likeness (QED) is 0.143. The average molecular weight is 559 g/mol. The van der Waals surface area contributed by atoms with Crippen molar-refractivity contribution < 1.29 is 33.6 Å². The minimum atomic E-state index is -0.871. The first-order chi connectivity index (χ1) is 20.0. The Bertz CT molecular complexity index is 1440. The van der Waals surface area contributed by atoms with E-state index in [4.69, 9.17) is 18.9 Å². The highest BCUT2D eigenvalue weighted by atomic mass is 16.6. The highest BCUT2D eigenvalue weighted by Gasteiger charge is 2.46. The predicted octanol–water partition coefficient (Wildman–Crippen LogP) is 5.44. The summed E-state index contributed by atoms with van der Waals surface area (Å²) in [5.41, 5.74) is 1.75. The van der Waals surface area contributed by atoms with Crippen LogP contribution in [0, 0.1) is 0 Å². The Morgan fingerprint density at radius 2 is 1.73 bits per heavy atom. The van der Waals surface area contributed by atoms with Gasteiger partial charge in [-0.15, -0.1) is 0 Å². The van der Waals surface area contributed by atoms with Crippen LogP contribution in [-0.2, 0) is 16.1 Å². The van der Waals surface area contributed by atoms with Gasteiger partial charge < -0.3 is 29.0 Å². The van der Waals surface area contributed by atoms with Crippen LogP contribution in [0.5, 0.6) is 23.0 Å². The van der Waals surface area contributed by atoms with Gasteiger partial charge in [-0.25, -0.2) is 0 Å². The van der Waals surface area contributed by atoms with Gasteiger partial charge in [0.2, 0.25) is 0 Å². The van der Waals surface area contributed by atoms with Crippen LogP contribution in [0.3, 0.4) is 0 Å². The van der Waals surface area contributed by atoms with Crippen LogP contribution in [0.25, 0.3) is 5.76 Å². The van der Waals surface area contributed by atoms with E-state index < -0.39 is 17.7 Å². The summed E-state index contributed by atoms with van der Waals surface area (Å²) < 4.78 is 23.2. The van der Waals surface area contributed by atoms with E-state index in [1.54, 1.807) is 54.9 Å². The lowest BCUT2D eigenvalue weighted by Gasteiger charge is -2.26. The number of rotatable bonds is 11. The molecule has 9 nitrogen and oxygen atoms in total. The van der Waals surface area contributed by atoms with Crippen molar-refractivity contribution in [3.8, 4) is 23.0 Å².